The molecule has 0 saturated carbocycles. The lowest BCUT2D eigenvalue weighted by Gasteiger charge is -2.02. The van der Waals surface area contributed by atoms with Gasteiger partial charge in [-0.25, -0.2) is 18.6 Å². The lowest BCUT2D eigenvalue weighted by molar-refractivity contribution is -0.118. The Labute approximate surface area is 180 Å². The number of halogens is 2. The number of hydrogen-bond donors (Lipinski definition) is 1. The molecule has 0 saturated heterocycles. The van der Waals surface area contributed by atoms with Crippen LogP contribution >= 0.6 is 11.3 Å². The third-order valence-corrected chi connectivity index (χ3v) is 5.92. The van der Waals surface area contributed by atoms with Crippen LogP contribution < -0.4 is 0 Å². The molecule has 156 valence electrons. The fraction of sp³-hybridized carbons (Fsp3) is 0.125. The van der Waals surface area contributed by atoms with Crippen molar-refractivity contribution >= 4 is 33.3 Å². The molecular weight excluding hydrogens is 420 g/mol. The van der Waals surface area contributed by atoms with Crippen molar-refractivity contribution in [2.45, 2.75) is 19.3 Å². The number of benzene rings is 3. The van der Waals surface area contributed by atoms with Gasteiger partial charge in [0, 0.05) is 6.42 Å². The normalized spacial score (nSPS) is 11.0. The minimum Gasteiger partial charge on any atom is -0.478 e. The van der Waals surface area contributed by atoms with Gasteiger partial charge in [0.1, 0.15) is 10.8 Å². The number of hydrogen-bond acceptors (Lipinski definition) is 4. The van der Waals surface area contributed by atoms with Crippen LogP contribution in [0.4, 0.5) is 8.78 Å². The maximum Gasteiger partial charge on any atom is 0.335 e. The summed E-state index contributed by atoms with van der Waals surface area (Å²) in [6.45, 7) is 0. The predicted molar refractivity (Wildman–Crippen MR) is 115 cm³/mol. The zero-order valence-electron chi connectivity index (χ0n) is 16.3. The topological polar surface area (TPSA) is 67.3 Å². The molecule has 31 heavy (non-hydrogen) atoms. The average molecular weight is 437 g/mol. The molecular formula is C24H17F2NO3S. The van der Waals surface area contributed by atoms with Crippen molar-refractivity contribution in [3.63, 3.8) is 0 Å². The number of carboxylic acid groups (broad SMARTS) is 1. The van der Waals surface area contributed by atoms with Gasteiger partial charge in [-0.1, -0.05) is 24.3 Å². The number of Topliss-reactive ketones (excluding diaryl/α,β-unsaturated/α-hetero) is 1. The number of carbonyl (C=O) groups is 2. The van der Waals surface area contributed by atoms with Crippen LogP contribution in [0.5, 0.6) is 0 Å². The van der Waals surface area contributed by atoms with E-state index in [2.05, 4.69) is 4.98 Å². The van der Waals surface area contributed by atoms with Crippen LogP contribution in [0.2, 0.25) is 0 Å². The first kappa shape index (κ1) is 20.8. The van der Waals surface area contributed by atoms with E-state index in [-0.39, 0.29) is 17.8 Å². The molecule has 0 fully saturated rings. The highest BCUT2D eigenvalue weighted by molar-refractivity contribution is 7.18. The highest BCUT2D eigenvalue weighted by Crippen LogP contribution is 2.29. The molecule has 0 aliphatic heterocycles. The Hall–Kier alpha value is -3.45. The molecule has 1 heterocycles. The Morgan fingerprint density at radius 3 is 2.48 bits per heavy atom. The fourth-order valence-electron chi connectivity index (χ4n) is 3.30. The monoisotopic (exact) mass is 437 g/mol. The first-order chi connectivity index (χ1) is 14.9. The van der Waals surface area contributed by atoms with E-state index in [0.29, 0.717) is 23.4 Å². The molecule has 3 aromatic carbocycles. The SMILES string of the molecule is O=C(CCc1cccc(C(=O)O)c1)Cc1nc2ccc(-c3ccc(F)c(F)c3)cc2s1. The van der Waals surface area contributed by atoms with Gasteiger partial charge in [-0.15, -0.1) is 11.3 Å². The lowest BCUT2D eigenvalue weighted by Crippen LogP contribution is -2.05. The molecule has 0 unspecified atom stereocenters. The Kier molecular flexibility index (Phi) is 5.86. The average Bonchev–Trinajstić information content (AvgIpc) is 3.15. The van der Waals surface area contributed by atoms with E-state index in [9.17, 15) is 18.4 Å². The molecule has 4 rings (SSSR count). The first-order valence-electron chi connectivity index (χ1n) is 9.58. The van der Waals surface area contributed by atoms with Gasteiger partial charge < -0.3 is 5.11 Å². The van der Waals surface area contributed by atoms with Gasteiger partial charge in [-0.05, 0) is 59.5 Å². The zero-order chi connectivity index (χ0) is 22.0. The highest BCUT2D eigenvalue weighted by Gasteiger charge is 2.12. The third kappa shape index (κ3) is 4.83. The minimum atomic E-state index is -0.995. The van der Waals surface area contributed by atoms with E-state index < -0.39 is 17.6 Å². The van der Waals surface area contributed by atoms with Crippen molar-refractivity contribution in [3.05, 3.63) is 88.4 Å². The predicted octanol–water partition coefficient (Wildman–Crippen LogP) is 5.68. The lowest BCUT2D eigenvalue weighted by atomic mass is 10.0. The van der Waals surface area contributed by atoms with Crippen LogP contribution in [0.15, 0.2) is 60.7 Å². The number of ketones is 1. The third-order valence-electron chi connectivity index (χ3n) is 4.90. The van der Waals surface area contributed by atoms with Gasteiger partial charge in [0.2, 0.25) is 0 Å². The quantitative estimate of drug-likeness (QED) is 0.404. The van der Waals surface area contributed by atoms with Crippen LogP contribution in [0.3, 0.4) is 0 Å². The van der Waals surface area contributed by atoms with Gasteiger partial charge >= 0.3 is 5.97 Å². The second-order valence-corrected chi connectivity index (χ2v) is 8.26. The Balaban J connectivity index is 1.45. The van der Waals surface area contributed by atoms with Crippen LogP contribution in [0.1, 0.15) is 27.3 Å². The van der Waals surface area contributed by atoms with E-state index in [1.54, 1.807) is 30.3 Å². The Morgan fingerprint density at radius 2 is 1.71 bits per heavy atom. The molecule has 0 aliphatic carbocycles. The largest absolute Gasteiger partial charge is 0.478 e. The summed E-state index contributed by atoms with van der Waals surface area (Å²) in [7, 11) is 0. The second kappa shape index (κ2) is 8.73. The minimum absolute atomic E-state index is 0.0145. The van der Waals surface area contributed by atoms with Crippen molar-refractivity contribution in [1.82, 2.24) is 4.98 Å². The summed E-state index contributed by atoms with van der Waals surface area (Å²) in [5, 5.41) is 9.74. The maximum absolute atomic E-state index is 13.5. The Morgan fingerprint density at radius 1 is 0.935 bits per heavy atom. The zero-order valence-corrected chi connectivity index (χ0v) is 17.1. The van der Waals surface area contributed by atoms with E-state index in [4.69, 9.17) is 5.11 Å². The molecule has 0 aliphatic rings. The molecule has 7 heteroatoms. The molecule has 0 bridgehead atoms. The number of aryl methyl sites for hydroxylation is 1. The summed E-state index contributed by atoms with van der Waals surface area (Å²) >= 11 is 1.39. The van der Waals surface area contributed by atoms with Crippen molar-refractivity contribution < 1.29 is 23.5 Å². The molecule has 1 aromatic heterocycles. The van der Waals surface area contributed by atoms with Gasteiger partial charge in [0.05, 0.1) is 22.2 Å². The maximum atomic E-state index is 13.5. The van der Waals surface area contributed by atoms with E-state index >= 15 is 0 Å². The Bertz CT molecular complexity index is 1300. The number of carbonyl (C=O) groups excluding carboxylic acids is 1. The highest BCUT2D eigenvalue weighted by atomic mass is 32.1. The molecule has 1 N–H and O–H groups in total. The number of rotatable bonds is 7. The molecule has 4 aromatic rings. The van der Waals surface area contributed by atoms with Gasteiger partial charge in [0.15, 0.2) is 11.6 Å². The van der Waals surface area contributed by atoms with Crippen molar-refractivity contribution in [2.75, 3.05) is 0 Å². The number of nitrogens with zero attached hydrogens (tertiary/aromatic N) is 1. The molecule has 0 spiro atoms. The number of carboxylic acids is 1. The smallest absolute Gasteiger partial charge is 0.335 e. The van der Waals surface area contributed by atoms with Crippen LogP contribution in [0, 0.1) is 11.6 Å². The van der Waals surface area contributed by atoms with E-state index in [0.717, 1.165) is 33.5 Å². The summed E-state index contributed by atoms with van der Waals surface area (Å²) in [6, 6.07) is 15.8. The summed E-state index contributed by atoms with van der Waals surface area (Å²) < 4.78 is 27.6. The van der Waals surface area contributed by atoms with Gasteiger partial charge in [0.25, 0.3) is 0 Å². The molecule has 4 nitrogen and oxygen atoms in total. The van der Waals surface area contributed by atoms with Crippen molar-refractivity contribution in [2.24, 2.45) is 0 Å². The van der Waals surface area contributed by atoms with Crippen LogP contribution in [0.25, 0.3) is 21.3 Å². The summed E-state index contributed by atoms with van der Waals surface area (Å²) in [5.74, 6) is -2.77. The number of thiazole rings is 1. The van der Waals surface area contributed by atoms with Gasteiger partial charge in [-0.2, -0.15) is 0 Å². The second-order valence-electron chi connectivity index (χ2n) is 7.14. The summed E-state index contributed by atoms with van der Waals surface area (Å²) in [4.78, 5) is 28.0. The first-order valence-corrected chi connectivity index (χ1v) is 10.4. The van der Waals surface area contributed by atoms with Crippen LogP contribution in [-0.4, -0.2) is 21.8 Å². The standard InChI is InChI=1S/C24H17F2NO3S/c25-19-8-5-15(11-20(19)26)16-6-9-21-22(12-16)31-23(27-21)13-18(28)7-4-14-2-1-3-17(10-14)24(29)30/h1-3,5-6,8-12H,4,7,13H2,(H,29,30). The summed E-state index contributed by atoms with van der Waals surface area (Å²) in [6.07, 6.45) is 0.947. The van der Waals surface area contributed by atoms with Crippen molar-refractivity contribution in [3.8, 4) is 11.1 Å². The number of aromatic carboxylic acids is 1. The van der Waals surface area contributed by atoms with Crippen molar-refractivity contribution in [1.29, 1.82) is 0 Å². The molecule has 0 atom stereocenters. The van der Waals surface area contributed by atoms with E-state index in [1.165, 1.54) is 23.5 Å². The number of aromatic nitrogens is 1. The molecule has 0 amide bonds. The van der Waals surface area contributed by atoms with Crippen LogP contribution in [-0.2, 0) is 17.6 Å². The van der Waals surface area contributed by atoms with E-state index in [1.807, 2.05) is 6.07 Å². The molecule has 0 radical (unpaired) electrons. The fourth-order valence-corrected chi connectivity index (χ4v) is 4.34. The summed E-state index contributed by atoms with van der Waals surface area (Å²) in [5.41, 5.74) is 3.05. The van der Waals surface area contributed by atoms with Gasteiger partial charge in [-0.3, -0.25) is 4.79 Å². The number of fused-ring (bicyclic) bond motifs is 1.